The first-order valence-electron chi connectivity index (χ1n) is 7.90. The molecule has 3 aromatic rings. The molecule has 5 nitrogen and oxygen atoms in total. The number of nitrogens with zero attached hydrogens (tertiary/aromatic N) is 1. The third-order valence-corrected chi connectivity index (χ3v) is 3.99. The molecule has 27 heavy (non-hydrogen) atoms. The Balaban J connectivity index is 1.85. The lowest BCUT2D eigenvalue weighted by Gasteiger charge is -2.12. The molecule has 0 aliphatic rings. The van der Waals surface area contributed by atoms with Crippen molar-refractivity contribution in [2.45, 2.75) is 12.7 Å². The van der Waals surface area contributed by atoms with Crippen LogP contribution in [0.15, 0.2) is 48.5 Å². The molecule has 0 spiro atoms. The average molecular weight is 376 g/mol. The van der Waals surface area contributed by atoms with Crippen LogP contribution in [0.1, 0.15) is 21.5 Å². The normalized spacial score (nSPS) is 11.4. The predicted octanol–water partition coefficient (Wildman–Crippen LogP) is 4.57. The number of anilines is 1. The summed E-state index contributed by atoms with van der Waals surface area (Å²) in [6, 6.07) is 11.0. The number of fused-ring (bicyclic) bond motifs is 1. The number of nitrogens with one attached hydrogen (secondary N) is 1. The Morgan fingerprint density at radius 2 is 1.85 bits per heavy atom. The molecule has 1 heterocycles. The number of ether oxygens (including phenoxy) is 1. The van der Waals surface area contributed by atoms with Gasteiger partial charge >= 0.3 is 12.1 Å². The van der Waals surface area contributed by atoms with Gasteiger partial charge in [0.2, 0.25) is 0 Å². The number of hydrogen-bond acceptors (Lipinski definition) is 4. The number of pyridine rings is 1. The van der Waals surface area contributed by atoms with Crippen molar-refractivity contribution < 1.29 is 27.8 Å². The second-order valence-electron chi connectivity index (χ2n) is 5.80. The maximum absolute atomic E-state index is 12.6. The molecule has 2 N–H and O–H groups in total. The maximum atomic E-state index is 12.6. The van der Waals surface area contributed by atoms with Gasteiger partial charge in [-0.05, 0) is 35.9 Å². The number of aromatic nitrogens is 1. The van der Waals surface area contributed by atoms with Crippen LogP contribution >= 0.6 is 0 Å². The molecule has 0 aliphatic heterocycles. The zero-order chi connectivity index (χ0) is 19.6. The fourth-order valence-corrected chi connectivity index (χ4v) is 2.59. The SMILES string of the molecule is COc1cc(NCc2ccc(C(F)(F)F)cc2)nc2cc(C(=O)O)ccc12. The molecule has 0 unspecified atom stereocenters. The zero-order valence-corrected chi connectivity index (χ0v) is 14.2. The topological polar surface area (TPSA) is 71.5 Å². The lowest BCUT2D eigenvalue weighted by molar-refractivity contribution is -0.137. The molecule has 0 radical (unpaired) electrons. The molecule has 0 aliphatic carbocycles. The van der Waals surface area contributed by atoms with Crippen LogP contribution in [-0.2, 0) is 12.7 Å². The number of rotatable bonds is 5. The smallest absolute Gasteiger partial charge is 0.416 e. The molecular weight excluding hydrogens is 361 g/mol. The summed E-state index contributed by atoms with van der Waals surface area (Å²) >= 11 is 0. The second kappa shape index (κ2) is 7.14. The van der Waals surface area contributed by atoms with Crippen molar-refractivity contribution in [2.24, 2.45) is 0 Å². The van der Waals surface area contributed by atoms with Crippen LogP contribution in [0.25, 0.3) is 10.9 Å². The van der Waals surface area contributed by atoms with Gasteiger partial charge in [-0.25, -0.2) is 9.78 Å². The Hall–Kier alpha value is -3.29. The highest BCUT2D eigenvalue weighted by Crippen LogP contribution is 2.30. The third-order valence-electron chi connectivity index (χ3n) is 3.99. The zero-order valence-electron chi connectivity index (χ0n) is 14.2. The van der Waals surface area contributed by atoms with Gasteiger partial charge in [-0.2, -0.15) is 13.2 Å². The number of carbonyl (C=O) groups is 1. The molecule has 8 heteroatoms. The summed E-state index contributed by atoms with van der Waals surface area (Å²) in [5, 5.41) is 12.8. The maximum Gasteiger partial charge on any atom is 0.416 e. The van der Waals surface area contributed by atoms with E-state index < -0.39 is 17.7 Å². The monoisotopic (exact) mass is 376 g/mol. The van der Waals surface area contributed by atoms with Crippen LogP contribution in [-0.4, -0.2) is 23.2 Å². The largest absolute Gasteiger partial charge is 0.496 e. The third kappa shape index (κ3) is 4.11. The van der Waals surface area contributed by atoms with Gasteiger partial charge in [0.15, 0.2) is 0 Å². The van der Waals surface area contributed by atoms with E-state index in [2.05, 4.69) is 10.3 Å². The standard InChI is InChI=1S/C19H15F3N2O3/c1-27-16-9-17(24-15-8-12(18(25)26)4-7-14(15)16)23-10-11-2-5-13(6-3-11)19(20,21)22/h2-9H,10H2,1H3,(H,23,24)(H,25,26). The van der Waals surface area contributed by atoms with Crippen molar-refractivity contribution in [1.82, 2.24) is 4.98 Å². The predicted molar refractivity (Wildman–Crippen MR) is 94.0 cm³/mol. The minimum Gasteiger partial charge on any atom is -0.496 e. The number of benzene rings is 2. The highest BCUT2D eigenvalue weighted by Gasteiger charge is 2.29. The van der Waals surface area contributed by atoms with Crippen LogP contribution in [0.2, 0.25) is 0 Å². The van der Waals surface area contributed by atoms with E-state index in [0.717, 1.165) is 12.1 Å². The molecule has 2 aromatic carbocycles. The van der Waals surface area contributed by atoms with E-state index >= 15 is 0 Å². The summed E-state index contributed by atoms with van der Waals surface area (Å²) in [6.07, 6.45) is -4.37. The van der Waals surface area contributed by atoms with Crippen LogP contribution < -0.4 is 10.1 Å². The molecule has 3 rings (SSSR count). The molecule has 0 amide bonds. The first-order chi connectivity index (χ1) is 12.8. The lowest BCUT2D eigenvalue weighted by atomic mass is 10.1. The first-order valence-corrected chi connectivity index (χ1v) is 7.90. The van der Waals surface area contributed by atoms with E-state index in [0.29, 0.717) is 28.0 Å². The molecular formula is C19H15F3N2O3. The van der Waals surface area contributed by atoms with Gasteiger partial charge in [0.25, 0.3) is 0 Å². The summed E-state index contributed by atoms with van der Waals surface area (Å²) in [5.74, 6) is -0.144. The summed E-state index contributed by atoms with van der Waals surface area (Å²) in [5.41, 5.74) is 0.460. The Kier molecular flexibility index (Phi) is 4.89. The molecule has 0 saturated carbocycles. The van der Waals surface area contributed by atoms with Crippen molar-refractivity contribution in [2.75, 3.05) is 12.4 Å². The Labute approximate surface area is 152 Å². The molecule has 140 valence electrons. The van der Waals surface area contributed by atoms with Crippen molar-refractivity contribution in [3.8, 4) is 5.75 Å². The van der Waals surface area contributed by atoms with Gasteiger partial charge in [0.1, 0.15) is 11.6 Å². The summed E-state index contributed by atoms with van der Waals surface area (Å²) in [4.78, 5) is 15.5. The summed E-state index contributed by atoms with van der Waals surface area (Å²) in [6.45, 7) is 0.248. The minimum atomic E-state index is -4.37. The number of aromatic carboxylic acids is 1. The Morgan fingerprint density at radius 3 is 2.44 bits per heavy atom. The van der Waals surface area contributed by atoms with E-state index in [-0.39, 0.29) is 12.1 Å². The van der Waals surface area contributed by atoms with Gasteiger partial charge in [-0.15, -0.1) is 0 Å². The van der Waals surface area contributed by atoms with E-state index in [1.54, 1.807) is 12.1 Å². The average Bonchev–Trinajstić information content (AvgIpc) is 2.64. The minimum absolute atomic E-state index is 0.0944. The molecule has 0 fully saturated rings. The number of carboxylic acids is 1. The fourth-order valence-electron chi connectivity index (χ4n) is 2.59. The Bertz CT molecular complexity index is 986. The lowest BCUT2D eigenvalue weighted by Crippen LogP contribution is -2.06. The van der Waals surface area contributed by atoms with Gasteiger partial charge in [0.05, 0.1) is 23.8 Å². The fraction of sp³-hybridized carbons (Fsp3) is 0.158. The van der Waals surface area contributed by atoms with Crippen LogP contribution in [0.4, 0.5) is 19.0 Å². The van der Waals surface area contributed by atoms with Gasteiger partial charge < -0.3 is 15.2 Å². The number of carboxylic acid groups (broad SMARTS) is 1. The number of hydrogen-bond donors (Lipinski definition) is 2. The highest BCUT2D eigenvalue weighted by molar-refractivity contribution is 5.95. The number of alkyl halides is 3. The highest BCUT2D eigenvalue weighted by atomic mass is 19.4. The second-order valence-corrected chi connectivity index (χ2v) is 5.80. The van der Waals surface area contributed by atoms with E-state index in [4.69, 9.17) is 9.84 Å². The molecule has 0 bridgehead atoms. The van der Waals surface area contributed by atoms with Crippen LogP contribution in [0, 0.1) is 0 Å². The van der Waals surface area contributed by atoms with Crippen molar-refractivity contribution in [1.29, 1.82) is 0 Å². The Morgan fingerprint density at radius 1 is 1.15 bits per heavy atom. The summed E-state index contributed by atoms with van der Waals surface area (Å²) in [7, 11) is 1.49. The van der Waals surface area contributed by atoms with Crippen molar-refractivity contribution in [3.05, 3.63) is 65.2 Å². The van der Waals surface area contributed by atoms with Crippen LogP contribution in [0.3, 0.4) is 0 Å². The molecule has 0 saturated heterocycles. The van der Waals surface area contributed by atoms with E-state index in [1.165, 1.54) is 31.4 Å². The summed E-state index contributed by atoms with van der Waals surface area (Å²) < 4.78 is 43.2. The van der Waals surface area contributed by atoms with E-state index in [9.17, 15) is 18.0 Å². The van der Waals surface area contributed by atoms with Crippen LogP contribution in [0.5, 0.6) is 5.75 Å². The van der Waals surface area contributed by atoms with Gasteiger partial charge in [-0.1, -0.05) is 12.1 Å². The number of halogens is 3. The molecule has 1 aromatic heterocycles. The number of methoxy groups -OCH3 is 1. The van der Waals surface area contributed by atoms with Gasteiger partial charge in [0, 0.05) is 18.0 Å². The van der Waals surface area contributed by atoms with Gasteiger partial charge in [-0.3, -0.25) is 0 Å². The first kappa shape index (κ1) is 18.5. The van der Waals surface area contributed by atoms with Crippen molar-refractivity contribution in [3.63, 3.8) is 0 Å². The van der Waals surface area contributed by atoms with Crippen molar-refractivity contribution >= 4 is 22.7 Å². The molecule has 0 atom stereocenters. The quantitative estimate of drug-likeness (QED) is 0.682. The van der Waals surface area contributed by atoms with E-state index in [1.807, 2.05) is 0 Å².